The summed E-state index contributed by atoms with van der Waals surface area (Å²) in [4.78, 5) is 13.5. The predicted molar refractivity (Wildman–Crippen MR) is 88.5 cm³/mol. The molecule has 114 valence electrons. The summed E-state index contributed by atoms with van der Waals surface area (Å²) in [5, 5.41) is 4.00. The van der Waals surface area contributed by atoms with Crippen LogP contribution in [-0.2, 0) is 9.53 Å². The van der Waals surface area contributed by atoms with Crippen LogP contribution in [0.4, 0.5) is 0 Å². The number of rotatable bonds is 5. The van der Waals surface area contributed by atoms with E-state index >= 15 is 0 Å². The van der Waals surface area contributed by atoms with E-state index in [2.05, 4.69) is 39.4 Å². The monoisotopic (exact) mass is 369 g/mol. The Morgan fingerprint density at radius 3 is 2.81 bits per heavy atom. The standard InChI is InChI=1S/C16H20BrNO2S/c1-20-15(19)16(18-11-6-7-11)9-8-12(10-16)21-14-5-3-2-4-13(14)17/h2-5,11-12,18H,6-10H2,1H3. The Morgan fingerprint density at radius 2 is 2.14 bits per heavy atom. The lowest BCUT2D eigenvalue weighted by atomic mass is 9.97. The number of esters is 1. The predicted octanol–water partition coefficient (Wildman–Crippen LogP) is 3.76. The Kier molecular flexibility index (Phi) is 4.62. The topological polar surface area (TPSA) is 38.3 Å². The molecule has 0 amide bonds. The van der Waals surface area contributed by atoms with Gasteiger partial charge >= 0.3 is 5.97 Å². The molecule has 2 fully saturated rings. The second kappa shape index (κ2) is 6.31. The van der Waals surface area contributed by atoms with Crippen molar-refractivity contribution in [2.24, 2.45) is 0 Å². The van der Waals surface area contributed by atoms with Crippen LogP contribution in [0.25, 0.3) is 0 Å². The quantitative estimate of drug-likeness (QED) is 0.801. The van der Waals surface area contributed by atoms with E-state index in [9.17, 15) is 4.79 Å². The number of benzene rings is 1. The minimum atomic E-state index is -0.463. The van der Waals surface area contributed by atoms with E-state index in [4.69, 9.17) is 4.74 Å². The summed E-state index contributed by atoms with van der Waals surface area (Å²) in [7, 11) is 1.49. The fraction of sp³-hybridized carbons (Fsp3) is 0.562. The maximum absolute atomic E-state index is 12.3. The molecule has 0 bridgehead atoms. The van der Waals surface area contributed by atoms with Crippen LogP contribution in [0.5, 0.6) is 0 Å². The lowest BCUT2D eigenvalue weighted by Crippen LogP contribution is -2.52. The molecule has 0 aliphatic heterocycles. The minimum Gasteiger partial charge on any atom is -0.468 e. The number of halogens is 1. The lowest BCUT2D eigenvalue weighted by Gasteiger charge is -2.28. The second-order valence-electron chi connectivity index (χ2n) is 5.91. The van der Waals surface area contributed by atoms with Crippen molar-refractivity contribution in [2.75, 3.05) is 7.11 Å². The van der Waals surface area contributed by atoms with E-state index in [0.29, 0.717) is 11.3 Å². The number of hydrogen-bond acceptors (Lipinski definition) is 4. The molecule has 0 spiro atoms. The molecule has 3 nitrogen and oxygen atoms in total. The normalized spacial score (nSPS) is 28.6. The molecule has 2 aliphatic rings. The Morgan fingerprint density at radius 1 is 1.38 bits per heavy atom. The average Bonchev–Trinajstić information content (AvgIpc) is 3.20. The fourth-order valence-electron chi connectivity index (χ4n) is 3.01. The third kappa shape index (κ3) is 3.46. The van der Waals surface area contributed by atoms with Crippen LogP contribution in [0.15, 0.2) is 33.6 Å². The van der Waals surface area contributed by atoms with Gasteiger partial charge in [0.1, 0.15) is 5.54 Å². The van der Waals surface area contributed by atoms with Crippen molar-refractivity contribution in [3.05, 3.63) is 28.7 Å². The molecular weight excluding hydrogens is 350 g/mol. The van der Waals surface area contributed by atoms with Gasteiger partial charge in [-0.05, 0) is 60.2 Å². The van der Waals surface area contributed by atoms with Gasteiger partial charge in [-0.2, -0.15) is 0 Å². The van der Waals surface area contributed by atoms with Gasteiger partial charge in [0, 0.05) is 20.7 Å². The van der Waals surface area contributed by atoms with E-state index in [1.54, 1.807) is 0 Å². The molecule has 2 saturated carbocycles. The summed E-state index contributed by atoms with van der Waals surface area (Å²) >= 11 is 5.46. The van der Waals surface area contributed by atoms with Crippen molar-refractivity contribution in [1.29, 1.82) is 0 Å². The van der Waals surface area contributed by atoms with Crippen molar-refractivity contribution in [3.63, 3.8) is 0 Å². The van der Waals surface area contributed by atoms with E-state index < -0.39 is 5.54 Å². The minimum absolute atomic E-state index is 0.0929. The molecular formula is C16H20BrNO2S. The number of methoxy groups -OCH3 is 1. The number of ether oxygens (including phenoxy) is 1. The Balaban J connectivity index is 1.70. The van der Waals surface area contributed by atoms with Gasteiger partial charge in [0.25, 0.3) is 0 Å². The van der Waals surface area contributed by atoms with Gasteiger partial charge in [-0.25, -0.2) is 0 Å². The van der Waals surface area contributed by atoms with E-state index in [0.717, 1.165) is 23.7 Å². The van der Waals surface area contributed by atoms with Crippen LogP contribution >= 0.6 is 27.7 Å². The van der Waals surface area contributed by atoms with Crippen LogP contribution in [-0.4, -0.2) is 29.9 Å². The second-order valence-corrected chi connectivity index (χ2v) is 8.10. The molecule has 0 saturated heterocycles. The van der Waals surface area contributed by atoms with Crippen LogP contribution in [0.3, 0.4) is 0 Å². The summed E-state index contributed by atoms with van der Waals surface area (Å²) in [5.41, 5.74) is -0.463. The maximum Gasteiger partial charge on any atom is 0.326 e. The number of carbonyl (C=O) groups is 1. The van der Waals surface area contributed by atoms with E-state index in [1.807, 2.05) is 17.8 Å². The van der Waals surface area contributed by atoms with E-state index in [-0.39, 0.29) is 5.97 Å². The Labute approximate surface area is 138 Å². The highest BCUT2D eigenvalue weighted by Crippen LogP contribution is 2.43. The molecule has 21 heavy (non-hydrogen) atoms. The molecule has 1 aromatic carbocycles. The summed E-state index contributed by atoms with van der Waals surface area (Å²) in [6.45, 7) is 0. The summed E-state index contributed by atoms with van der Waals surface area (Å²) in [5.74, 6) is -0.0929. The third-order valence-corrected chi connectivity index (χ3v) is 6.53. The number of nitrogens with one attached hydrogen (secondary N) is 1. The largest absolute Gasteiger partial charge is 0.468 e. The third-order valence-electron chi connectivity index (χ3n) is 4.23. The van der Waals surface area contributed by atoms with Crippen molar-refractivity contribution in [2.45, 2.75) is 53.8 Å². The number of hydrogen-bond donors (Lipinski definition) is 1. The van der Waals surface area contributed by atoms with Crippen molar-refractivity contribution in [1.82, 2.24) is 5.32 Å². The molecule has 1 N–H and O–H groups in total. The molecule has 2 atom stereocenters. The molecule has 5 heteroatoms. The number of carbonyl (C=O) groups excluding carboxylic acids is 1. The van der Waals surface area contributed by atoms with Gasteiger partial charge in [0.05, 0.1) is 7.11 Å². The van der Waals surface area contributed by atoms with Crippen LogP contribution in [0, 0.1) is 0 Å². The smallest absolute Gasteiger partial charge is 0.326 e. The van der Waals surface area contributed by atoms with E-state index in [1.165, 1.54) is 24.8 Å². The van der Waals surface area contributed by atoms with Crippen molar-refractivity contribution >= 4 is 33.7 Å². The highest BCUT2D eigenvalue weighted by atomic mass is 79.9. The first kappa shape index (κ1) is 15.4. The molecule has 0 heterocycles. The Bertz CT molecular complexity index is 535. The zero-order chi connectivity index (χ0) is 14.9. The van der Waals surface area contributed by atoms with Crippen LogP contribution < -0.4 is 5.32 Å². The first-order chi connectivity index (χ1) is 10.1. The average molecular weight is 370 g/mol. The van der Waals surface area contributed by atoms with Crippen LogP contribution in [0.1, 0.15) is 32.1 Å². The molecule has 0 aromatic heterocycles. The van der Waals surface area contributed by atoms with Gasteiger partial charge in [0.2, 0.25) is 0 Å². The van der Waals surface area contributed by atoms with Crippen molar-refractivity contribution in [3.8, 4) is 0 Å². The Hall–Kier alpha value is -0.520. The SMILES string of the molecule is COC(=O)C1(NC2CC2)CCC(Sc2ccccc2Br)C1. The summed E-state index contributed by atoms with van der Waals surface area (Å²) < 4.78 is 6.19. The zero-order valence-electron chi connectivity index (χ0n) is 12.1. The summed E-state index contributed by atoms with van der Waals surface area (Å²) in [6, 6.07) is 8.78. The van der Waals surface area contributed by atoms with Gasteiger partial charge in [-0.1, -0.05) is 12.1 Å². The molecule has 3 rings (SSSR count). The molecule has 1 aromatic rings. The van der Waals surface area contributed by atoms with Crippen molar-refractivity contribution < 1.29 is 9.53 Å². The number of thioether (sulfide) groups is 1. The highest BCUT2D eigenvalue weighted by Gasteiger charge is 2.49. The van der Waals surface area contributed by atoms with Gasteiger partial charge in [0.15, 0.2) is 0 Å². The van der Waals surface area contributed by atoms with Gasteiger partial charge < -0.3 is 4.74 Å². The fourth-order valence-corrected chi connectivity index (χ4v) is 4.88. The lowest BCUT2D eigenvalue weighted by molar-refractivity contribution is -0.148. The molecule has 0 radical (unpaired) electrons. The highest BCUT2D eigenvalue weighted by molar-refractivity contribution is 9.10. The first-order valence-corrected chi connectivity index (χ1v) is 9.07. The van der Waals surface area contributed by atoms with Gasteiger partial charge in [-0.3, -0.25) is 10.1 Å². The molecule has 2 aliphatic carbocycles. The zero-order valence-corrected chi connectivity index (χ0v) is 14.5. The van der Waals surface area contributed by atoms with Crippen LogP contribution in [0.2, 0.25) is 0 Å². The molecule has 2 unspecified atom stereocenters. The first-order valence-electron chi connectivity index (χ1n) is 7.40. The maximum atomic E-state index is 12.3. The summed E-state index contributed by atoms with van der Waals surface area (Å²) in [6.07, 6.45) is 5.13. The van der Waals surface area contributed by atoms with Gasteiger partial charge in [-0.15, -0.1) is 11.8 Å².